The minimum absolute atomic E-state index is 0.165. The standard InChI is InChI=1S/C12H14O3/c1-11(2)7-12(11,10(14)15)8-3-5-9(13)6-4-8/h3-6,13H,7H2,1-2H3,(H,14,15). The maximum absolute atomic E-state index is 11.3. The molecule has 1 unspecified atom stereocenters. The van der Waals surface area contributed by atoms with Gasteiger partial charge in [-0.2, -0.15) is 0 Å². The first-order valence-corrected chi connectivity index (χ1v) is 4.93. The molecule has 0 radical (unpaired) electrons. The van der Waals surface area contributed by atoms with Crippen LogP contribution in [0.3, 0.4) is 0 Å². The van der Waals surface area contributed by atoms with E-state index in [1.807, 2.05) is 13.8 Å². The van der Waals surface area contributed by atoms with E-state index in [1.54, 1.807) is 12.1 Å². The summed E-state index contributed by atoms with van der Waals surface area (Å²) >= 11 is 0. The van der Waals surface area contributed by atoms with Crippen LogP contribution >= 0.6 is 0 Å². The maximum Gasteiger partial charge on any atom is 0.314 e. The van der Waals surface area contributed by atoms with E-state index < -0.39 is 11.4 Å². The van der Waals surface area contributed by atoms with Crippen LogP contribution in [0.1, 0.15) is 25.8 Å². The van der Waals surface area contributed by atoms with Gasteiger partial charge in [-0.3, -0.25) is 4.79 Å². The second-order valence-corrected chi connectivity index (χ2v) is 4.82. The SMILES string of the molecule is CC1(C)CC1(C(=O)O)c1ccc(O)cc1. The van der Waals surface area contributed by atoms with Gasteiger partial charge in [0.05, 0.1) is 5.41 Å². The van der Waals surface area contributed by atoms with Crippen molar-refractivity contribution in [3.05, 3.63) is 29.8 Å². The fraction of sp³-hybridized carbons (Fsp3) is 0.417. The summed E-state index contributed by atoms with van der Waals surface area (Å²) in [6.45, 7) is 3.90. The third-order valence-electron chi connectivity index (χ3n) is 3.46. The third-order valence-corrected chi connectivity index (χ3v) is 3.46. The number of carboxylic acid groups (broad SMARTS) is 1. The lowest BCUT2D eigenvalue weighted by atomic mass is 9.88. The van der Waals surface area contributed by atoms with Gasteiger partial charge in [0, 0.05) is 0 Å². The molecule has 0 amide bonds. The van der Waals surface area contributed by atoms with Crippen LogP contribution in [0.4, 0.5) is 0 Å². The van der Waals surface area contributed by atoms with Gasteiger partial charge in [-0.15, -0.1) is 0 Å². The molecule has 3 heteroatoms. The predicted octanol–water partition coefficient (Wildman–Crippen LogP) is 2.14. The van der Waals surface area contributed by atoms with E-state index in [2.05, 4.69) is 0 Å². The normalized spacial score (nSPS) is 27.3. The summed E-state index contributed by atoms with van der Waals surface area (Å²) in [5.74, 6) is -0.615. The van der Waals surface area contributed by atoms with Gasteiger partial charge in [0.25, 0.3) is 0 Å². The van der Waals surface area contributed by atoms with E-state index in [4.69, 9.17) is 5.11 Å². The molecule has 1 aromatic carbocycles. The molecule has 1 aliphatic rings. The number of benzene rings is 1. The minimum Gasteiger partial charge on any atom is -0.508 e. The quantitative estimate of drug-likeness (QED) is 0.779. The smallest absolute Gasteiger partial charge is 0.314 e. The molecule has 3 nitrogen and oxygen atoms in total. The van der Waals surface area contributed by atoms with Crippen molar-refractivity contribution in [2.24, 2.45) is 5.41 Å². The fourth-order valence-electron chi connectivity index (χ4n) is 2.35. The van der Waals surface area contributed by atoms with Gasteiger partial charge in [-0.1, -0.05) is 26.0 Å². The zero-order valence-corrected chi connectivity index (χ0v) is 8.82. The Morgan fingerprint density at radius 3 is 2.07 bits per heavy atom. The van der Waals surface area contributed by atoms with Crippen molar-refractivity contribution in [2.45, 2.75) is 25.7 Å². The zero-order chi connectivity index (χ0) is 11.3. The van der Waals surface area contributed by atoms with Crippen molar-refractivity contribution in [1.29, 1.82) is 0 Å². The second kappa shape index (κ2) is 2.75. The van der Waals surface area contributed by atoms with Crippen LogP contribution < -0.4 is 0 Å². The molecule has 1 fully saturated rings. The molecule has 2 N–H and O–H groups in total. The highest BCUT2D eigenvalue weighted by atomic mass is 16.4. The highest BCUT2D eigenvalue weighted by Crippen LogP contribution is 2.64. The van der Waals surface area contributed by atoms with E-state index in [1.165, 1.54) is 12.1 Å². The summed E-state index contributed by atoms with van der Waals surface area (Å²) in [7, 11) is 0. The third kappa shape index (κ3) is 1.23. The molecule has 1 aliphatic carbocycles. The van der Waals surface area contributed by atoms with Gasteiger partial charge in [0.15, 0.2) is 0 Å². The first kappa shape index (κ1) is 10.0. The summed E-state index contributed by atoms with van der Waals surface area (Å²) in [5.41, 5.74) is -0.186. The Kier molecular flexibility index (Phi) is 1.84. The average Bonchev–Trinajstić information content (AvgIpc) is 2.72. The number of aromatic hydroxyl groups is 1. The van der Waals surface area contributed by atoms with Gasteiger partial charge >= 0.3 is 5.97 Å². The lowest BCUT2D eigenvalue weighted by Crippen LogP contribution is -2.25. The van der Waals surface area contributed by atoms with E-state index in [0.29, 0.717) is 6.42 Å². The molecule has 0 aromatic heterocycles. The van der Waals surface area contributed by atoms with Crippen LogP contribution in [0.5, 0.6) is 5.75 Å². The molecule has 0 saturated heterocycles. The number of phenols is 1. The van der Waals surface area contributed by atoms with Crippen LogP contribution in [0, 0.1) is 5.41 Å². The van der Waals surface area contributed by atoms with Gasteiger partial charge in [-0.25, -0.2) is 0 Å². The van der Waals surface area contributed by atoms with Crippen LogP contribution in [0.15, 0.2) is 24.3 Å². The van der Waals surface area contributed by atoms with Crippen molar-refractivity contribution < 1.29 is 15.0 Å². The lowest BCUT2D eigenvalue weighted by molar-refractivity contribution is -0.141. The van der Waals surface area contributed by atoms with Crippen LogP contribution in [0.25, 0.3) is 0 Å². The second-order valence-electron chi connectivity index (χ2n) is 4.82. The molecule has 15 heavy (non-hydrogen) atoms. The largest absolute Gasteiger partial charge is 0.508 e. The first-order chi connectivity index (χ1) is 6.90. The molecule has 0 aliphatic heterocycles. The first-order valence-electron chi connectivity index (χ1n) is 4.93. The number of carbonyl (C=O) groups is 1. The maximum atomic E-state index is 11.3. The van der Waals surface area contributed by atoms with E-state index >= 15 is 0 Å². The molecule has 1 saturated carbocycles. The van der Waals surface area contributed by atoms with Crippen molar-refractivity contribution >= 4 is 5.97 Å². The van der Waals surface area contributed by atoms with Crippen LogP contribution in [0.2, 0.25) is 0 Å². The lowest BCUT2D eigenvalue weighted by Gasteiger charge is -2.15. The predicted molar refractivity (Wildman–Crippen MR) is 55.8 cm³/mol. The number of carboxylic acids is 1. The topological polar surface area (TPSA) is 57.5 Å². The average molecular weight is 206 g/mol. The Balaban J connectivity index is 2.45. The molecular weight excluding hydrogens is 192 g/mol. The summed E-state index contributed by atoms with van der Waals surface area (Å²) < 4.78 is 0. The molecule has 1 atom stereocenters. The summed E-state index contributed by atoms with van der Waals surface area (Å²) in [6.07, 6.45) is 0.653. The highest BCUT2D eigenvalue weighted by Gasteiger charge is 2.67. The Morgan fingerprint density at radius 1 is 1.27 bits per heavy atom. The zero-order valence-electron chi connectivity index (χ0n) is 8.82. The number of phenolic OH excluding ortho intramolecular Hbond substituents is 1. The number of rotatable bonds is 2. The Hall–Kier alpha value is -1.51. The van der Waals surface area contributed by atoms with Crippen LogP contribution in [-0.2, 0) is 10.2 Å². The Morgan fingerprint density at radius 2 is 1.73 bits per heavy atom. The molecule has 80 valence electrons. The number of aliphatic carboxylic acids is 1. The van der Waals surface area contributed by atoms with Gasteiger partial charge in [0.1, 0.15) is 5.75 Å². The Bertz CT molecular complexity index is 405. The molecule has 1 aromatic rings. The number of hydrogen-bond acceptors (Lipinski definition) is 2. The molecular formula is C12H14O3. The molecule has 0 bridgehead atoms. The molecule has 2 rings (SSSR count). The summed E-state index contributed by atoms with van der Waals surface area (Å²) in [4.78, 5) is 11.3. The molecule has 0 heterocycles. The Labute approximate surface area is 88.4 Å². The van der Waals surface area contributed by atoms with Crippen molar-refractivity contribution in [3.63, 3.8) is 0 Å². The molecule has 0 spiro atoms. The summed E-state index contributed by atoms with van der Waals surface area (Å²) in [6, 6.07) is 6.46. The monoisotopic (exact) mass is 206 g/mol. The van der Waals surface area contributed by atoms with Crippen molar-refractivity contribution in [3.8, 4) is 5.75 Å². The minimum atomic E-state index is -0.779. The summed E-state index contributed by atoms with van der Waals surface area (Å²) in [5, 5.41) is 18.5. The van der Waals surface area contributed by atoms with E-state index in [0.717, 1.165) is 5.56 Å². The van der Waals surface area contributed by atoms with Crippen molar-refractivity contribution in [2.75, 3.05) is 0 Å². The number of hydrogen-bond donors (Lipinski definition) is 2. The highest BCUT2D eigenvalue weighted by molar-refractivity contribution is 5.87. The van der Waals surface area contributed by atoms with Gasteiger partial charge < -0.3 is 10.2 Å². The van der Waals surface area contributed by atoms with Crippen LogP contribution in [-0.4, -0.2) is 16.2 Å². The van der Waals surface area contributed by atoms with Crippen molar-refractivity contribution in [1.82, 2.24) is 0 Å². The van der Waals surface area contributed by atoms with Gasteiger partial charge in [0.2, 0.25) is 0 Å². The van der Waals surface area contributed by atoms with E-state index in [-0.39, 0.29) is 11.2 Å². The fourth-order valence-corrected chi connectivity index (χ4v) is 2.35. The van der Waals surface area contributed by atoms with E-state index in [9.17, 15) is 9.90 Å². The van der Waals surface area contributed by atoms with Gasteiger partial charge in [-0.05, 0) is 29.5 Å².